The van der Waals surface area contributed by atoms with Gasteiger partial charge in [0.2, 0.25) is 0 Å². The van der Waals surface area contributed by atoms with Crippen molar-refractivity contribution >= 4 is 11.6 Å². The van der Waals surface area contributed by atoms with Crippen molar-refractivity contribution in [2.24, 2.45) is 0 Å². The lowest BCUT2D eigenvalue weighted by Gasteiger charge is -1.94. The molecule has 4 heteroatoms. The van der Waals surface area contributed by atoms with E-state index in [1.165, 1.54) is 19.3 Å². The zero-order valence-corrected chi connectivity index (χ0v) is 10.0. The topological polar surface area (TPSA) is 18.5 Å². The van der Waals surface area contributed by atoms with Crippen molar-refractivity contribution < 1.29 is 13.9 Å². The monoisotopic (exact) mass is 246 g/mol. The van der Waals surface area contributed by atoms with Crippen LogP contribution in [0.4, 0.5) is 4.39 Å². The first-order valence-corrected chi connectivity index (χ1v) is 5.93. The van der Waals surface area contributed by atoms with E-state index in [0.29, 0.717) is 11.5 Å². The summed E-state index contributed by atoms with van der Waals surface area (Å²) in [5, 5.41) is 0. The maximum atomic E-state index is 12.3. The molecule has 0 fully saturated rings. The number of hydrogen-bond acceptors (Lipinski definition) is 2. The van der Waals surface area contributed by atoms with E-state index in [2.05, 4.69) is 16.4 Å². The first kappa shape index (κ1) is 13.1. The first-order chi connectivity index (χ1) is 7.77. The highest BCUT2D eigenvalue weighted by Gasteiger charge is 2.21. The van der Waals surface area contributed by atoms with Gasteiger partial charge in [0.15, 0.2) is 11.5 Å². The fourth-order valence-corrected chi connectivity index (χ4v) is 1.40. The summed E-state index contributed by atoms with van der Waals surface area (Å²) in [5.74, 6) is 1.76. The van der Waals surface area contributed by atoms with Crippen LogP contribution in [-0.4, -0.2) is 12.4 Å². The Labute approximate surface area is 100 Å². The Bertz CT molecular complexity index is 278. The minimum absolute atomic E-state index is 0.468. The SMILES string of the molecule is CCCCCCl.FC1Oc2ccccc2O1. The lowest BCUT2D eigenvalue weighted by Crippen LogP contribution is -2.09. The Balaban J connectivity index is 0.000000187. The third-order valence-electron chi connectivity index (χ3n) is 2.03. The highest BCUT2D eigenvalue weighted by atomic mass is 35.5. The standard InChI is InChI=1S/C7H5FO2.C5H11Cl/c8-7-9-5-3-1-2-4-6(5)10-7;1-2-3-4-5-6/h1-4,7H;2-5H2,1H3. The van der Waals surface area contributed by atoms with Gasteiger partial charge in [-0.3, -0.25) is 0 Å². The maximum Gasteiger partial charge on any atom is 0.397 e. The molecule has 1 aromatic carbocycles. The summed E-state index contributed by atoms with van der Waals surface area (Å²) in [6, 6.07) is 6.85. The van der Waals surface area contributed by atoms with Crippen LogP contribution in [0.1, 0.15) is 26.2 Å². The van der Waals surface area contributed by atoms with Gasteiger partial charge >= 0.3 is 6.54 Å². The van der Waals surface area contributed by atoms with Crippen molar-refractivity contribution in [1.82, 2.24) is 0 Å². The minimum Gasteiger partial charge on any atom is -0.425 e. The van der Waals surface area contributed by atoms with E-state index in [1.54, 1.807) is 24.3 Å². The summed E-state index contributed by atoms with van der Waals surface area (Å²) in [6.45, 7) is 0.546. The van der Waals surface area contributed by atoms with Gasteiger partial charge in [-0.2, -0.15) is 4.39 Å². The molecule has 0 amide bonds. The molecule has 0 radical (unpaired) electrons. The van der Waals surface area contributed by atoms with Crippen LogP contribution >= 0.6 is 11.6 Å². The zero-order valence-electron chi connectivity index (χ0n) is 9.29. The van der Waals surface area contributed by atoms with Gasteiger partial charge in [-0.15, -0.1) is 11.6 Å². The van der Waals surface area contributed by atoms with Crippen LogP contribution in [0.3, 0.4) is 0 Å². The zero-order chi connectivity index (χ0) is 11.8. The summed E-state index contributed by atoms with van der Waals surface area (Å²) >= 11 is 5.38. The third-order valence-corrected chi connectivity index (χ3v) is 2.29. The van der Waals surface area contributed by atoms with Crippen LogP contribution in [0.2, 0.25) is 0 Å². The summed E-state index contributed by atoms with van der Waals surface area (Å²) in [6.07, 6.45) is 3.73. The molecule has 0 saturated heterocycles. The summed E-state index contributed by atoms with van der Waals surface area (Å²) in [4.78, 5) is 0. The van der Waals surface area contributed by atoms with Crippen LogP contribution in [-0.2, 0) is 0 Å². The van der Waals surface area contributed by atoms with E-state index in [4.69, 9.17) is 11.6 Å². The minimum atomic E-state index is -1.63. The molecular weight excluding hydrogens is 231 g/mol. The quantitative estimate of drug-likeness (QED) is 0.590. The van der Waals surface area contributed by atoms with Gasteiger partial charge in [-0.25, -0.2) is 0 Å². The lowest BCUT2D eigenvalue weighted by atomic mass is 10.3. The second kappa shape index (κ2) is 7.34. The number of hydrogen-bond donors (Lipinski definition) is 0. The summed E-state index contributed by atoms with van der Waals surface area (Å²) in [7, 11) is 0. The van der Waals surface area contributed by atoms with E-state index in [1.807, 2.05) is 0 Å². The number of benzene rings is 1. The van der Waals surface area contributed by atoms with E-state index in [-0.39, 0.29) is 0 Å². The number of halogens is 2. The predicted octanol–water partition coefficient (Wildman–Crippen LogP) is 4.13. The van der Waals surface area contributed by atoms with E-state index < -0.39 is 6.54 Å². The van der Waals surface area contributed by atoms with Crippen LogP contribution in [0.15, 0.2) is 24.3 Å². The highest BCUT2D eigenvalue weighted by Crippen LogP contribution is 2.33. The number of para-hydroxylation sites is 2. The van der Waals surface area contributed by atoms with Crippen molar-refractivity contribution in [3.05, 3.63) is 24.3 Å². The number of unbranched alkanes of at least 4 members (excludes halogenated alkanes) is 2. The molecule has 1 heterocycles. The largest absolute Gasteiger partial charge is 0.425 e. The van der Waals surface area contributed by atoms with E-state index in [0.717, 1.165) is 5.88 Å². The molecule has 0 unspecified atom stereocenters. The Morgan fingerprint density at radius 1 is 1.19 bits per heavy atom. The molecule has 0 spiro atoms. The van der Waals surface area contributed by atoms with Gasteiger partial charge in [0.05, 0.1) is 0 Å². The molecule has 0 saturated carbocycles. The van der Waals surface area contributed by atoms with Crippen LogP contribution in [0.5, 0.6) is 11.5 Å². The molecule has 90 valence electrons. The molecule has 0 bridgehead atoms. The molecule has 2 rings (SSSR count). The average Bonchev–Trinajstić information content (AvgIpc) is 2.67. The second-order valence-electron chi connectivity index (χ2n) is 3.35. The van der Waals surface area contributed by atoms with Crippen molar-refractivity contribution in [3.63, 3.8) is 0 Å². The van der Waals surface area contributed by atoms with E-state index in [9.17, 15) is 4.39 Å². The molecule has 0 aromatic heterocycles. The summed E-state index contributed by atoms with van der Waals surface area (Å²) in [5.41, 5.74) is 0. The Morgan fingerprint density at radius 3 is 2.12 bits per heavy atom. The van der Waals surface area contributed by atoms with Crippen molar-refractivity contribution in [1.29, 1.82) is 0 Å². The number of rotatable bonds is 3. The Kier molecular flexibility index (Phi) is 6.01. The van der Waals surface area contributed by atoms with Gasteiger partial charge in [0.25, 0.3) is 0 Å². The number of fused-ring (bicyclic) bond motifs is 1. The molecule has 1 aliphatic heterocycles. The molecule has 16 heavy (non-hydrogen) atoms. The normalized spacial score (nSPS) is 13.2. The summed E-state index contributed by atoms with van der Waals surface area (Å²) < 4.78 is 21.5. The lowest BCUT2D eigenvalue weighted by molar-refractivity contribution is -0.0652. The maximum absolute atomic E-state index is 12.3. The molecule has 1 aliphatic rings. The van der Waals surface area contributed by atoms with Crippen molar-refractivity contribution in [3.8, 4) is 11.5 Å². The fourth-order valence-electron chi connectivity index (χ4n) is 1.21. The van der Waals surface area contributed by atoms with Crippen LogP contribution in [0.25, 0.3) is 0 Å². The molecule has 0 atom stereocenters. The smallest absolute Gasteiger partial charge is 0.397 e. The third kappa shape index (κ3) is 4.27. The van der Waals surface area contributed by atoms with Crippen LogP contribution in [0, 0.1) is 0 Å². The predicted molar refractivity (Wildman–Crippen MR) is 62.8 cm³/mol. The fraction of sp³-hybridized carbons (Fsp3) is 0.500. The van der Waals surface area contributed by atoms with Gasteiger partial charge in [0.1, 0.15) is 0 Å². The van der Waals surface area contributed by atoms with Gasteiger partial charge < -0.3 is 9.47 Å². The van der Waals surface area contributed by atoms with Gasteiger partial charge in [-0.05, 0) is 18.6 Å². The van der Waals surface area contributed by atoms with Gasteiger partial charge in [-0.1, -0.05) is 31.9 Å². The van der Waals surface area contributed by atoms with Crippen molar-refractivity contribution in [2.75, 3.05) is 5.88 Å². The second-order valence-corrected chi connectivity index (χ2v) is 3.73. The van der Waals surface area contributed by atoms with E-state index >= 15 is 0 Å². The van der Waals surface area contributed by atoms with Crippen LogP contribution < -0.4 is 9.47 Å². The highest BCUT2D eigenvalue weighted by molar-refractivity contribution is 6.17. The van der Waals surface area contributed by atoms with Crippen molar-refractivity contribution in [2.45, 2.75) is 32.7 Å². The van der Waals surface area contributed by atoms with Gasteiger partial charge in [0, 0.05) is 5.88 Å². The molecule has 0 N–H and O–H groups in total. The number of alkyl halides is 2. The average molecular weight is 247 g/mol. The molecule has 1 aromatic rings. The molecule has 0 aliphatic carbocycles. The molecule has 2 nitrogen and oxygen atoms in total. The Morgan fingerprint density at radius 2 is 1.75 bits per heavy atom. The Hall–Kier alpha value is -0.960. The molecular formula is C12H16ClFO2. The number of ether oxygens (including phenoxy) is 2. The first-order valence-electron chi connectivity index (χ1n) is 5.40.